The van der Waals surface area contributed by atoms with Gasteiger partial charge in [-0.15, -0.1) is 0 Å². The molecule has 0 bridgehead atoms. The molecule has 2 aliphatic heterocycles. The highest BCUT2D eigenvalue weighted by Crippen LogP contribution is 2.34. The van der Waals surface area contributed by atoms with Gasteiger partial charge < -0.3 is 19.0 Å². The van der Waals surface area contributed by atoms with Gasteiger partial charge in [-0.25, -0.2) is 0 Å². The Morgan fingerprint density at radius 3 is 2.68 bits per heavy atom. The van der Waals surface area contributed by atoms with Gasteiger partial charge in [-0.2, -0.15) is 0 Å². The number of hydrogen-bond acceptors (Lipinski definition) is 4. The average molecular weight is 461 g/mol. The molecule has 2 aliphatic rings. The first-order chi connectivity index (χ1) is 16.6. The van der Waals surface area contributed by atoms with Crippen molar-refractivity contribution in [3.63, 3.8) is 0 Å². The third-order valence-corrected chi connectivity index (χ3v) is 7.76. The summed E-state index contributed by atoms with van der Waals surface area (Å²) in [6.07, 6.45) is 5.57. The Morgan fingerprint density at radius 1 is 1.03 bits per heavy atom. The summed E-state index contributed by atoms with van der Waals surface area (Å²) in [6.45, 7) is 8.00. The molecule has 3 heterocycles. The SMILES string of the molecule is CC1(C(=O)N2CCOC[C@@H](Cc3cccc4occc34)C2)CCN(CCc2ccccc2)CC1. The van der Waals surface area contributed by atoms with E-state index in [1.165, 1.54) is 16.5 Å². The van der Waals surface area contributed by atoms with Crippen molar-refractivity contribution in [1.82, 2.24) is 9.80 Å². The van der Waals surface area contributed by atoms with Gasteiger partial charge in [0.25, 0.3) is 0 Å². The predicted molar refractivity (Wildman–Crippen MR) is 135 cm³/mol. The molecule has 0 unspecified atom stereocenters. The number of carbonyl (C=O) groups excluding carboxylic acids is 1. The minimum Gasteiger partial charge on any atom is -0.464 e. The second kappa shape index (κ2) is 10.3. The highest BCUT2D eigenvalue weighted by molar-refractivity contribution is 5.83. The molecule has 2 fully saturated rings. The van der Waals surface area contributed by atoms with Gasteiger partial charge in [0.15, 0.2) is 0 Å². The number of nitrogens with zero attached hydrogens (tertiary/aromatic N) is 2. The quantitative estimate of drug-likeness (QED) is 0.530. The standard InChI is InChI=1S/C29H36N2O3/c1-29(12-15-30(16-13-29)14-10-23-6-3-2-4-7-23)28(32)31-17-19-33-22-24(21-31)20-25-8-5-9-27-26(25)11-18-34-27/h2-9,11,18,24H,10,12-17,19-22H2,1H3/t24-/m0/s1. The lowest BCUT2D eigenvalue weighted by atomic mass is 9.78. The van der Waals surface area contributed by atoms with Gasteiger partial charge in [0.2, 0.25) is 5.91 Å². The van der Waals surface area contributed by atoms with Crippen molar-refractivity contribution in [3.05, 3.63) is 72.0 Å². The Hall–Kier alpha value is -2.63. The third kappa shape index (κ3) is 5.21. The lowest BCUT2D eigenvalue weighted by Crippen LogP contribution is -2.50. The van der Waals surface area contributed by atoms with E-state index in [1.54, 1.807) is 6.26 Å². The van der Waals surface area contributed by atoms with Gasteiger partial charge in [0.05, 0.1) is 19.5 Å². The minimum atomic E-state index is -0.275. The molecule has 5 nitrogen and oxygen atoms in total. The Bertz CT molecular complexity index is 1080. The molecule has 0 aliphatic carbocycles. The number of carbonyl (C=O) groups is 1. The Kier molecular flexibility index (Phi) is 7.02. The molecule has 0 saturated carbocycles. The molecule has 1 aromatic heterocycles. The van der Waals surface area contributed by atoms with E-state index in [1.807, 2.05) is 18.2 Å². The van der Waals surface area contributed by atoms with Crippen molar-refractivity contribution in [2.45, 2.75) is 32.6 Å². The highest BCUT2D eigenvalue weighted by Gasteiger charge is 2.40. The largest absolute Gasteiger partial charge is 0.464 e. The molecule has 2 aromatic carbocycles. The topological polar surface area (TPSA) is 45.9 Å². The van der Waals surface area contributed by atoms with Crippen LogP contribution in [0.25, 0.3) is 11.0 Å². The molecule has 1 amide bonds. The lowest BCUT2D eigenvalue weighted by Gasteiger charge is -2.41. The number of rotatable bonds is 6. The first kappa shape index (κ1) is 23.1. The molecule has 0 radical (unpaired) electrons. The van der Waals surface area contributed by atoms with Crippen LogP contribution in [0.5, 0.6) is 0 Å². The summed E-state index contributed by atoms with van der Waals surface area (Å²) in [4.78, 5) is 18.3. The fourth-order valence-corrected chi connectivity index (χ4v) is 5.53. The van der Waals surface area contributed by atoms with Gasteiger partial charge in [0.1, 0.15) is 5.58 Å². The van der Waals surface area contributed by atoms with Crippen molar-refractivity contribution >= 4 is 16.9 Å². The molecule has 1 atom stereocenters. The van der Waals surface area contributed by atoms with Crippen molar-refractivity contribution < 1.29 is 13.9 Å². The van der Waals surface area contributed by atoms with Crippen LogP contribution in [0.1, 0.15) is 30.9 Å². The van der Waals surface area contributed by atoms with E-state index in [0.717, 1.165) is 57.4 Å². The van der Waals surface area contributed by atoms with E-state index in [4.69, 9.17) is 9.15 Å². The van der Waals surface area contributed by atoms with Gasteiger partial charge in [-0.1, -0.05) is 49.4 Å². The van der Waals surface area contributed by atoms with Crippen LogP contribution in [0.3, 0.4) is 0 Å². The van der Waals surface area contributed by atoms with Crippen molar-refractivity contribution in [2.75, 3.05) is 45.9 Å². The predicted octanol–water partition coefficient (Wildman–Crippen LogP) is 4.80. The van der Waals surface area contributed by atoms with Crippen LogP contribution in [-0.4, -0.2) is 61.6 Å². The molecule has 180 valence electrons. The summed E-state index contributed by atoms with van der Waals surface area (Å²) in [7, 11) is 0. The first-order valence-electron chi connectivity index (χ1n) is 12.7. The molecular formula is C29H36N2O3. The smallest absolute Gasteiger partial charge is 0.228 e. The molecule has 5 rings (SSSR count). The van der Waals surface area contributed by atoms with Gasteiger partial charge >= 0.3 is 0 Å². The fourth-order valence-electron chi connectivity index (χ4n) is 5.53. The number of piperidine rings is 1. The monoisotopic (exact) mass is 460 g/mol. The maximum absolute atomic E-state index is 13.7. The van der Waals surface area contributed by atoms with Crippen LogP contribution >= 0.6 is 0 Å². The zero-order chi connectivity index (χ0) is 23.4. The number of furan rings is 1. The van der Waals surface area contributed by atoms with Crippen LogP contribution < -0.4 is 0 Å². The van der Waals surface area contributed by atoms with Crippen molar-refractivity contribution in [1.29, 1.82) is 0 Å². The summed E-state index contributed by atoms with van der Waals surface area (Å²) in [5.74, 6) is 0.605. The number of benzene rings is 2. The number of ether oxygens (including phenoxy) is 1. The molecule has 0 N–H and O–H groups in total. The van der Waals surface area contributed by atoms with E-state index in [2.05, 4.69) is 53.1 Å². The lowest BCUT2D eigenvalue weighted by molar-refractivity contribution is -0.144. The zero-order valence-electron chi connectivity index (χ0n) is 20.2. The maximum atomic E-state index is 13.7. The summed E-state index contributed by atoms with van der Waals surface area (Å²) in [5, 5.41) is 1.17. The first-order valence-corrected chi connectivity index (χ1v) is 12.7. The zero-order valence-corrected chi connectivity index (χ0v) is 20.2. The van der Waals surface area contributed by atoms with Crippen molar-refractivity contribution in [2.24, 2.45) is 11.3 Å². The normalized spacial score (nSPS) is 21.4. The van der Waals surface area contributed by atoms with Gasteiger partial charge in [-0.05, 0) is 62.0 Å². The van der Waals surface area contributed by atoms with Crippen LogP contribution in [0, 0.1) is 11.3 Å². The average Bonchev–Trinajstić information content (AvgIpc) is 3.24. The van der Waals surface area contributed by atoms with Crippen molar-refractivity contribution in [3.8, 4) is 0 Å². The van der Waals surface area contributed by atoms with E-state index in [0.29, 0.717) is 31.6 Å². The van der Waals surface area contributed by atoms with E-state index in [9.17, 15) is 4.79 Å². The Balaban J connectivity index is 1.18. The molecule has 3 aromatic rings. The second-order valence-electron chi connectivity index (χ2n) is 10.3. The summed E-state index contributed by atoms with van der Waals surface area (Å²) < 4.78 is 11.5. The number of hydrogen-bond donors (Lipinski definition) is 0. The maximum Gasteiger partial charge on any atom is 0.228 e. The fraction of sp³-hybridized carbons (Fsp3) is 0.483. The van der Waals surface area contributed by atoms with E-state index < -0.39 is 0 Å². The number of fused-ring (bicyclic) bond motifs is 1. The molecule has 0 spiro atoms. The van der Waals surface area contributed by atoms with Crippen LogP contribution in [0.4, 0.5) is 0 Å². The Morgan fingerprint density at radius 2 is 1.85 bits per heavy atom. The molecule has 5 heteroatoms. The van der Waals surface area contributed by atoms with Gasteiger partial charge in [0, 0.05) is 36.4 Å². The van der Waals surface area contributed by atoms with E-state index in [-0.39, 0.29) is 5.41 Å². The number of amides is 1. The molecule has 2 saturated heterocycles. The van der Waals surface area contributed by atoms with Crippen LogP contribution in [-0.2, 0) is 22.4 Å². The van der Waals surface area contributed by atoms with Crippen LogP contribution in [0.2, 0.25) is 0 Å². The minimum absolute atomic E-state index is 0.275. The van der Waals surface area contributed by atoms with Crippen LogP contribution in [0.15, 0.2) is 65.3 Å². The summed E-state index contributed by atoms with van der Waals surface area (Å²) in [5.41, 5.74) is 3.30. The van der Waals surface area contributed by atoms with Gasteiger partial charge in [-0.3, -0.25) is 4.79 Å². The Labute approximate surface area is 202 Å². The number of likely N-dealkylation sites (tertiary alicyclic amines) is 1. The molecule has 34 heavy (non-hydrogen) atoms. The van der Waals surface area contributed by atoms with E-state index >= 15 is 0 Å². The second-order valence-corrected chi connectivity index (χ2v) is 10.3. The summed E-state index contributed by atoms with van der Waals surface area (Å²) >= 11 is 0. The summed E-state index contributed by atoms with van der Waals surface area (Å²) in [6, 6.07) is 18.9. The highest BCUT2D eigenvalue weighted by atomic mass is 16.5. The molecular weight excluding hydrogens is 424 g/mol. The third-order valence-electron chi connectivity index (χ3n) is 7.76.